The number of halogens is 2. The van der Waals surface area contributed by atoms with Crippen molar-refractivity contribution in [1.82, 2.24) is 0 Å². The zero-order valence-electron chi connectivity index (χ0n) is 8.86. The highest BCUT2D eigenvalue weighted by molar-refractivity contribution is 9.25. The molecule has 0 aliphatic heterocycles. The van der Waals surface area contributed by atoms with Crippen molar-refractivity contribution in [3.05, 3.63) is 0 Å². The van der Waals surface area contributed by atoms with Gasteiger partial charge in [0.05, 0.1) is 9.30 Å². The highest BCUT2D eigenvalue weighted by atomic mass is 79.9. The topological polar surface area (TPSA) is 23.8 Å². The van der Waals surface area contributed by atoms with Crippen molar-refractivity contribution in [2.45, 2.75) is 61.5 Å². The van der Waals surface area contributed by atoms with Gasteiger partial charge in [-0.15, -0.1) is 0 Å². The van der Waals surface area contributed by atoms with E-state index in [1.54, 1.807) is 0 Å². The molecule has 82 valence electrons. The molecule has 0 spiro atoms. The molecule has 3 heteroatoms. The molecule has 0 unspecified atom stereocenters. The molecule has 0 heterocycles. The maximum Gasteiger partial charge on any atom is 0.0777 e. The van der Waals surface area contributed by atoms with E-state index in [9.17, 15) is 0 Å². The smallest absolute Gasteiger partial charge is 0.0777 e. The molecule has 0 bridgehead atoms. The van der Waals surface area contributed by atoms with Crippen LogP contribution in [0.1, 0.15) is 58.3 Å². The average molecular weight is 325 g/mol. The Morgan fingerprint density at radius 2 is 1.50 bits per heavy atom. The summed E-state index contributed by atoms with van der Waals surface area (Å²) in [5.41, 5.74) is 0. The molecule has 0 radical (unpaired) electrons. The normalized spacial score (nSPS) is 11.3. The molecule has 0 atom stereocenters. The molecule has 0 aliphatic rings. The minimum absolute atomic E-state index is 0.126. The molecule has 0 rings (SSSR count). The summed E-state index contributed by atoms with van der Waals surface area (Å²) in [4.78, 5) is 0. The van der Waals surface area contributed by atoms with Gasteiger partial charge in [0.25, 0.3) is 0 Å². The molecular formula is C11H19Br2N. The summed E-state index contributed by atoms with van der Waals surface area (Å²) in [6.45, 7) is 2.14. The summed E-state index contributed by atoms with van der Waals surface area (Å²) in [5, 5.41) is 8.34. The van der Waals surface area contributed by atoms with Crippen molar-refractivity contribution in [2.75, 3.05) is 0 Å². The van der Waals surface area contributed by atoms with E-state index in [0.29, 0.717) is 0 Å². The van der Waals surface area contributed by atoms with Crippen LogP contribution in [0.5, 0.6) is 0 Å². The zero-order valence-corrected chi connectivity index (χ0v) is 12.0. The fourth-order valence-corrected chi connectivity index (χ4v) is 1.91. The predicted molar refractivity (Wildman–Crippen MR) is 68.8 cm³/mol. The Hall–Kier alpha value is 0.450. The van der Waals surface area contributed by atoms with E-state index in [1.165, 1.54) is 38.5 Å². The lowest BCUT2D eigenvalue weighted by molar-refractivity contribution is 0.578. The van der Waals surface area contributed by atoms with Crippen molar-refractivity contribution in [3.63, 3.8) is 0 Å². The van der Waals surface area contributed by atoms with Gasteiger partial charge in [0.1, 0.15) is 0 Å². The highest BCUT2D eigenvalue weighted by Gasteiger charge is 2.13. The summed E-state index contributed by atoms with van der Waals surface area (Å²) in [7, 11) is 0. The number of hydrogen-bond acceptors (Lipinski definition) is 1. The highest BCUT2D eigenvalue weighted by Crippen LogP contribution is 2.31. The lowest BCUT2D eigenvalue weighted by atomic mass is 10.1. The number of hydrogen-bond donors (Lipinski definition) is 0. The molecule has 0 fully saturated rings. The standard InChI is InChI=1S/C11H19Br2N/c1-11(12,13)9-7-5-3-2-4-6-8-10-14/h2-9H2,1H3. The molecule has 0 aromatic carbocycles. The van der Waals surface area contributed by atoms with E-state index >= 15 is 0 Å². The van der Waals surface area contributed by atoms with Gasteiger partial charge in [-0.3, -0.25) is 0 Å². The molecule has 0 saturated carbocycles. The first kappa shape index (κ1) is 14.5. The third-order valence-electron chi connectivity index (χ3n) is 2.15. The van der Waals surface area contributed by atoms with Crippen LogP contribution < -0.4 is 0 Å². The molecule has 0 aliphatic carbocycles. The van der Waals surface area contributed by atoms with Gasteiger partial charge in [-0.1, -0.05) is 64.0 Å². The first-order valence-electron chi connectivity index (χ1n) is 5.31. The lowest BCUT2D eigenvalue weighted by Crippen LogP contribution is -2.02. The Bertz CT molecular complexity index is 167. The van der Waals surface area contributed by atoms with Gasteiger partial charge in [-0.05, 0) is 19.8 Å². The fraction of sp³-hybridized carbons (Fsp3) is 0.909. The maximum absolute atomic E-state index is 8.34. The van der Waals surface area contributed by atoms with Crippen LogP contribution in [0.25, 0.3) is 0 Å². The second-order valence-electron chi connectivity index (χ2n) is 3.85. The SMILES string of the molecule is CC(Br)(Br)CCCCCCCCC#N. The number of alkyl halides is 2. The average Bonchev–Trinajstić information content (AvgIpc) is 2.08. The Morgan fingerprint density at radius 3 is 2.00 bits per heavy atom. The molecule has 0 aromatic heterocycles. The van der Waals surface area contributed by atoms with E-state index in [0.717, 1.165) is 12.8 Å². The number of nitrogens with zero attached hydrogens (tertiary/aromatic N) is 1. The van der Waals surface area contributed by atoms with E-state index in [-0.39, 0.29) is 3.23 Å². The Balaban J connectivity index is 3.04. The minimum Gasteiger partial charge on any atom is -0.198 e. The minimum atomic E-state index is 0.126. The zero-order chi connectivity index (χ0) is 10.9. The van der Waals surface area contributed by atoms with E-state index in [4.69, 9.17) is 5.26 Å². The van der Waals surface area contributed by atoms with Gasteiger partial charge in [-0.2, -0.15) is 5.26 Å². The van der Waals surface area contributed by atoms with Gasteiger partial charge < -0.3 is 0 Å². The summed E-state index contributed by atoms with van der Waals surface area (Å²) in [6.07, 6.45) is 9.35. The van der Waals surface area contributed by atoms with Gasteiger partial charge in [0.2, 0.25) is 0 Å². The maximum atomic E-state index is 8.34. The number of rotatable bonds is 8. The van der Waals surface area contributed by atoms with Crippen molar-refractivity contribution < 1.29 is 0 Å². The number of nitriles is 1. The van der Waals surface area contributed by atoms with Crippen molar-refractivity contribution in [2.24, 2.45) is 0 Å². The lowest BCUT2D eigenvalue weighted by Gasteiger charge is -2.12. The Morgan fingerprint density at radius 1 is 1.00 bits per heavy atom. The monoisotopic (exact) mass is 323 g/mol. The number of unbranched alkanes of at least 4 members (excludes halogenated alkanes) is 6. The van der Waals surface area contributed by atoms with Gasteiger partial charge in [-0.25, -0.2) is 0 Å². The van der Waals surface area contributed by atoms with Gasteiger partial charge >= 0.3 is 0 Å². The van der Waals surface area contributed by atoms with Crippen molar-refractivity contribution in [3.8, 4) is 6.07 Å². The molecule has 14 heavy (non-hydrogen) atoms. The summed E-state index contributed by atoms with van der Waals surface area (Å²) < 4.78 is 0.126. The second-order valence-corrected chi connectivity index (χ2v) is 8.41. The van der Waals surface area contributed by atoms with Gasteiger partial charge in [0.15, 0.2) is 0 Å². The largest absolute Gasteiger partial charge is 0.198 e. The predicted octanol–water partition coefficient (Wildman–Crippen LogP) is 5.14. The molecule has 0 aromatic rings. The molecule has 0 amide bonds. The van der Waals surface area contributed by atoms with Crippen molar-refractivity contribution in [1.29, 1.82) is 5.26 Å². The molecule has 0 saturated heterocycles. The van der Waals surface area contributed by atoms with Crippen LogP contribution in [0, 0.1) is 11.3 Å². The van der Waals surface area contributed by atoms with Gasteiger partial charge in [0, 0.05) is 6.42 Å². The third-order valence-corrected chi connectivity index (χ3v) is 2.95. The Labute approximate surface area is 105 Å². The first-order chi connectivity index (χ1) is 6.56. The molecule has 1 nitrogen and oxygen atoms in total. The fourth-order valence-electron chi connectivity index (χ4n) is 1.35. The van der Waals surface area contributed by atoms with Crippen LogP contribution in [-0.4, -0.2) is 3.23 Å². The second kappa shape index (κ2) is 8.73. The van der Waals surface area contributed by atoms with Crippen LogP contribution in [0.4, 0.5) is 0 Å². The van der Waals surface area contributed by atoms with Crippen LogP contribution in [-0.2, 0) is 0 Å². The quantitative estimate of drug-likeness (QED) is 0.448. The molecular weight excluding hydrogens is 306 g/mol. The van der Waals surface area contributed by atoms with Crippen LogP contribution in [0.3, 0.4) is 0 Å². The van der Waals surface area contributed by atoms with Crippen molar-refractivity contribution >= 4 is 31.9 Å². The van der Waals surface area contributed by atoms with E-state index in [2.05, 4.69) is 44.9 Å². The van der Waals surface area contributed by atoms with E-state index < -0.39 is 0 Å². The summed E-state index contributed by atoms with van der Waals surface area (Å²) in [6, 6.07) is 2.18. The van der Waals surface area contributed by atoms with Crippen LogP contribution in [0.15, 0.2) is 0 Å². The summed E-state index contributed by atoms with van der Waals surface area (Å²) >= 11 is 7.13. The van der Waals surface area contributed by atoms with E-state index in [1.807, 2.05) is 0 Å². The third kappa shape index (κ3) is 12.4. The summed E-state index contributed by atoms with van der Waals surface area (Å²) in [5.74, 6) is 0. The molecule has 0 N–H and O–H groups in total. The van der Waals surface area contributed by atoms with Crippen LogP contribution >= 0.6 is 31.9 Å². The Kier molecular flexibility index (Phi) is 9.01. The van der Waals surface area contributed by atoms with Crippen LogP contribution in [0.2, 0.25) is 0 Å². The first-order valence-corrected chi connectivity index (χ1v) is 6.89.